The summed E-state index contributed by atoms with van der Waals surface area (Å²) in [5.74, 6) is 1.83. The third-order valence-electron chi connectivity index (χ3n) is 4.50. The molecule has 2 aromatic heterocycles. The molecule has 0 amide bonds. The van der Waals surface area contributed by atoms with Crippen molar-refractivity contribution < 1.29 is 4.52 Å². The summed E-state index contributed by atoms with van der Waals surface area (Å²) in [5, 5.41) is 15.3. The van der Waals surface area contributed by atoms with Crippen LogP contribution in [0.3, 0.4) is 0 Å². The first-order valence-electron chi connectivity index (χ1n) is 9.49. The van der Waals surface area contributed by atoms with E-state index in [2.05, 4.69) is 64.9 Å². The van der Waals surface area contributed by atoms with E-state index in [1.54, 1.807) is 7.05 Å². The topological polar surface area (TPSA) is 80.3 Å². The molecule has 3 aromatic rings. The molecule has 0 saturated heterocycles. The number of guanidine groups is 1. The van der Waals surface area contributed by atoms with Gasteiger partial charge in [-0.3, -0.25) is 4.99 Å². The SMILES string of the molecule is CN=C(NCc1cc(C(C)C)no1)NCc1ccccc1-n1nc(C)cc1C. The van der Waals surface area contributed by atoms with Gasteiger partial charge in [0.1, 0.15) is 0 Å². The summed E-state index contributed by atoms with van der Waals surface area (Å²) in [4.78, 5) is 4.29. The van der Waals surface area contributed by atoms with Crippen LogP contribution in [0.25, 0.3) is 5.69 Å². The van der Waals surface area contributed by atoms with Crippen LogP contribution in [0.5, 0.6) is 0 Å². The van der Waals surface area contributed by atoms with Gasteiger partial charge in [0.25, 0.3) is 0 Å². The summed E-state index contributed by atoms with van der Waals surface area (Å²) in [6.07, 6.45) is 0. The van der Waals surface area contributed by atoms with Crippen molar-refractivity contribution in [3.8, 4) is 5.69 Å². The number of aliphatic imine (C=N–C) groups is 1. The molecule has 7 heteroatoms. The van der Waals surface area contributed by atoms with Crippen molar-refractivity contribution in [1.29, 1.82) is 0 Å². The number of rotatable bonds is 6. The molecule has 0 fully saturated rings. The Bertz CT molecular complexity index is 953. The van der Waals surface area contributed by atoms with E-state index in [9.17, 15) is 0 Å². The van der Waals surface area contributed by atoms with Gasteiger partial charge in [-0.1, -0.05) is 37.2 Å². The van der Waals surface area contributed by atoms with Crippen LogP contribution in [-0.2, 0) is 13.1 Å². The first kappa shape index (κ1) is 19.7. The van der Waals surface area contributed by atoms with Gasteiger partial charge in [-0.25, -0.2) is 4.68 Å². The number of aromatic nitrogens is 3. The van der Waals surface area contributed by atoms with Crippen LogP contribution in [0, 0.1) is 13.8 Å². The van der Waals surface area contributed by atoms with E-state index in [1.165, 1.54) is 0 Å². The van der Waals surface area contributed by atoms with Gasteiger partial charge in [-0.2, -0.15) is 5.10 Å². The van der Waals surface area contributed by atoms with E-state index in [1.807, 2.05) is 29.8 Å². The van der Waals surface area contributed by atoms with Crippen molar-refractivity contribution in [2.75, 3.05) is 7.05 Å². The molecule has 0 atom stereocenters. The smallest absolute Gasteiger partial charge is 0.191 e. The van der Waals surface area contributed by atoms with E-state index in [0.717, 1.165) is 34.1 Å². The van der Waals surface area contributed by atoms with Crippen molar-refractivity contribution in [1.82, 2.24) is 25.6 Å². The standard InChI is InChI=1S/C21H28N6O/c1-14(2)19-11-18(28-26-19)13-24-21(22-5)23-12-17-8-6-7-9-20(17)27-16(4)10-15(3)25-27/h6-11,14H,12-13H2,1-5H3,(H2,22,23,24). The highest BCUT2D eigenvalue weighted by Crippen LogP contribution is 2.17. The molecule has 3 rings (SSSR count). The minimum Gasteiger partial charge on any atom is -0.359 e. The van der Waals surface area contributed by atoms with Crippen molar-refractivity contribution in [3.63, 3.8) is 0 Å². The predicted octanol–water partition coefficient (Wildman–Crippen LogP) is 3.47. The largest absolute Gasteiger partial charge is 0.359 e. The van der Waals surface area contributed by atoms with Crippen LogP contribution in [0.1, 0.15) is 48.2 Å². The van der Waals surface area contributed by atoms with Gasteiger partial charge >= 0.3 is 0 Å². The Morgan fingerprint density at radius 1 is 1.14 bits per heavy atom. The van der Waals surface area contributed by atoms with Crippen molar-refractivity contribution >= 4 is 5.96 Å². The molecule has 28 heavy (non-hydrogen) atoms. The zero-order valence-electron chi connectivity index (χ0n) is 17.2. The summed E-state index contributed by atoms with van der Waals surface area (Å²) in [6.45, 7) is 9.41. The van der Waals surface area contributed by atoms with Crippen LogP contribution in [0.4, 0.5) is 0 Å². The highest BCUT2D eigenvalue weighted by atomic mass is 16.5. The molecule has 0 bridgehead atoms. The van der Waals surface area contributed by atoms with Crippen molar-refractivity contribution in [2.45, 2.75) is 46.7 Å². The summed E-state index contributed by atoms with van der Waals surface area (Å²) >= 11 is 0. The molecule has 0 aliphatic rings. The van der Waals surface area contributed by atoms with Crippen molar-refractivity contribution in [2.24, 2.45) is 4.99 Å². The highest BCUT2D eigenvalue weighted by Gasteiger charge is 2.10. The molecule has 0 unspecified atom stereocenters. The van der Waals surface area contributed by atoms with Crippen LogP contribution in [0.15, 0.2) is 45.9 Å². The Balaban J connectivity index is 1.65. The quantitative estimate of drug-likeness (QED) is 0.506. The van der Waals surface area contributed by atoms with Crippen LogP contribution < -0.4 is 10.6 Å². The number of benzene rings is 1. The number of hydrogen-bond acceptors (Lipinski definition) is 4. The van der Waals surface area contributed by atoms with E-state index < -0.39 is 0 Å². The van der Waals surface area contributed by atoms with Crippen LogP contribution in [-0.4, -0.2) is 27.9 Å². The molecule has 0 aliphatic carbocycles. The van der Waals surface area contributed by atoms with Gasteiger partial charge < -0.3 is 15.2 Å². The molecule has 7 nitrogen and oxygen atoms in total. The molecule has 148 valence electrons. The predicted molar refractivity (Wildman–Crippen MR) is 111 cm³/mol. The van der Waals surface area contributed by atoms with Crippen LogP contribution >= 0.6 is 0 Å². The molecule has 1 aromatic carbocycles. The maximum atomic E-state index is 5.37. The Kier molecular flexibility index (Phi) is 6.13. The maximum absolute atomic E-state index is 5.37. The number of para-hydroxylation sites is 1. The normalized spacial score (nSPS) is 11.9. The lowest BCUT2D eigenvalue weighted by Crippen LogP contribution is -2.36. The minimum absolute atomic E-state index is 0.348. The third-order valence-corrected chi connectivity index (χ3v) is 4.50. The van der Waals surface area contributed by atoms with E-state index >= 15 is 0 Å². The van der Waals surface area contributed by atoms with E-state index in [0.29, 0.717) is 25.0 Å². The second-order valence-electron chi connectivity index (χ2n) is 7.12. The van der Waals surface area contributed by atoms with Gasteiger partial charge in [0.05, 0.1) is 23.6 Å². The van der Waals surface area contributed by atoms with Gasteiger partial charge in [-0.05, 0) is 37.5 Å². The monoisotopic (exact) mass is 380 g/mol. The molecule has 2 heterocycles. The fourth-order valence-electron chi connectivity index (χ4n) is 2.99. The molecule has 2 N–H and O–H groups in total. The Labute approximate surface area is 165 Å². The summed E-state index contributed by atoms with van der Waals surface area (Å²) in [5.41, 5.74) is 5.27. The van der Waals surface area contributed by atoms with Gasteiger partial charge in [0.15, 0.2) is 11.7 Å². The summed E-state index contributed by atoms with van der Waals surface area (Å²) in [6, 6.07) is 12.3. The fraction of sp³-hybridized carbons (Fsp3) is 0.381. The lowest BCUT2D eigenvalue weighted by Gasteiger charge is -2.14. The number of hydrogen-bond donors (Lipinski definition) is 2. The number of nitrogens with one attached hydrogen (secondary N) is 2. The Hall–Kier alpha value is -3.09. The first-order valence-corrected chi connectivity index (χ1v) is 9.49. The second kappa shape index (κ2) is 8.73. The minimum atomic E-state index is 0.348. The zero-order chi connectivity index (χ0) is 20.1. The molecule has 0 aliphatic heterocycles. The van der Waals surface area contributed by atoms with E-state index in [-0.39, 0.29) is 0 Å². The summed E-state index contributed by atoms with van der Waals surface area (Å²) < 4.78 is 7.35. The number of nitrogens with zero attached hydrogens (tertiary/aromatic N) is 4. The van der Waals surface area contributed by atoms with Gasteiger partial charge in [0.2, 0.25) is 0 Å². The molecule has 0 radical (unpaired) electrons. The average Bonchev–Trinajstić information content (AvgIpc) is 3.28. The zero-order valence-corrected chi connectivity index (χ0v) is 17.2. The second-order valence-corrected chi connectivity index (χ2v) is 7.12. The van der Waals surface area contributed by atoms with Gasteiger partial charge in [-0.15, -0.1) is 0 Å². The summed E-state index contributed by atoms with van der Waals surface area (Å²) in [7, 11) is 1.75. The van der Waals surface area contributed by atoms with E-state index in [4.69, 9.17) is 4.52 Å². The Morgan fingerprint density at radius 3 is 2.54 bits per heavy atom. The fourth-order valence-corrected chi connectivity index (χ4v) is 2.99. The molecular weight excluding hydrogens is 352 g/mol. The van der Waals surface area contributed by atoms with Crippen molar-refractivity contribution in [3.05, 3.63) is 64.8 Å². The molecular formula is C21H28N6O. The maximum Gasteiger partial charge on any atom is 0.191 e. The Morgan fingerprint density at radius 2 is 1.89 bits per heavy atom. The van der Waals surface area contributed by atoms with Gasteiger partial charge in [0, 0.05) is 25.4 Å². The third kappa shape index (κ3) is 4.60. The lowest BCUT2D eigenvalue weighted by molar-refractivity contribution is 0.372. The highest BCUT2D eigenvalue weighted by molar-refractivity contribution is 5.79. The number of aryl methyl sites for hydroxylation is 2. The molecule has 0 saturated carbocycles. The lowest BCUT2D eigenvalue weighted by atomic mass is 10.1. The molecule has 0 spiro atoms. The first-order chi connectivity index (χ1) is 13.5. The van der Waals surface area contributed by atoms with Crippen LogP contribution in [0.2, 0.25) is 0 Å². The average molecular weight is 380 g/mol.